The topological polar surface area (TPSA) is 44.4 Å². The van der Waals surface area contributed by atoms with Crippen LogP contribution in [0.4, 0.5) is 5.69 Å². The average molecular weight is 391 g/mol. The molecule has 0 unspecified atom stereocenters. The van der Waals surface area contributed by atoms with Gasteiger partial charge in [0.15, 0.2) is 0 Å². The summed E-state index contributed by atoms with van der Waals surface area (Å²) in [5.74, 6) is 0.872. The summed E-state index contributed by atoms with van der Waals surface area (Å²) in [6.07, 6.45) is 0. The molecule has 0 aliphatic carbocycles. The standard InChI is InChI=1S/C24H30N4O/c1-24(2,3)29-21-11-7-19(8-12-21)23-17-22(25-26-23)18-5-9-20(10-6-18)28-15-13-27(4)14-16-28/h5-12,17H,13-16H2,1-4H3,(H,25,26). The van der Waals surface area contributed by atoms with Crippen molar-refractivity contribution in [2.45, 2.75) is 26.4 Å². The number of anilines is 1. The first-order valence-corrected chi connectivity index (χ1v) is 10.3. The summed E-state index contributed by atoms with van der Waals surface area (Å²) in [5, 5.41) is 7.68. The molecule has 5 heteroatoms. The van der Waals surface area contributed by atoms with Crippen molar-refractivity contribution in [3.8, 4) is 28.3 Å². The van der Waals surface area contributed by atoms with Crippen LogP contribution in [0.25, 0.3) is 22.5 Å². The molecule has 5 nitrogen and oxygen atoms in total. The minimum Gasteiger partial charge on any atom is -0.488 e. The maximum absolute atomic E-state index is 5.90. The number of nitrogens with zero attached hydrogens (tertiary/aromatic N) is 3. The van der Waals surface area contributed by atoms with E-state index < -0.39 is 0 Å². The van der Waals surface area contributed by atoms with Gasteiger partial charge in [0.25, 0.3) is 0 Å². The van der Waals surface area contributed by atoms with E-state index in [0.717, 1.165) is 54.4 Å². The van der Waals surface area contributed by atoms with Crippen molar-refractivity contribution in [3.05, 3.63) is 54.6 Å². The monoisotopic (exact) mass is 390 g/mol. The lowest BCUT2D eigenvalue weighted by atomic mass is 10.1. The maximum atomic E-state index is 5.90. The van der Waals surface area contributed by atoms with Crippen LogP contribution in [-0.4, -0.2) is 53.9 Å². The second kappa shape index (κ2) is 7.91. The van der Waals surface area contributed by atoms with Gasteiger partial charge in [-0.25, -0.2) is 0 Å². The van der Waals surface area contributed by atoms with Gasteiger partial charge < -0.3 is 14.5 Å². The molecule has 0 spiro atoms. The van der Waals surface area contributed by atoms with E-state index in [1.54, 1.807) is 0 Å². The van der Waals surface area contributed by atoms with Crippen LogP contribution in [0.1, 0.15) is 20.8 Å². The molecule has 2 aromatic carbocycles. The number of aromatic amines is 1. The number of hydrogen-bond acceptors (Lipinski definition) is 4. The molecule has 152 valence electrons. The molecule has 1 aliphatic heterocycles. The molecule has 2 heterocycles. The molecule has 0 radical (unpaired) electrons. The summed E-state index contributed by atoms with van der Waals surface area (Å²) in [6.45, 7) is 10.6. The van der Waals surface area contributed by atoms with Gasteiger partial charge in [-0.1, -0.05) is 12.1 Å². The zero-order valence-corrected chi connectivity index (χ0v) is 17.8. The second-order valence-electron chi connectivity index (χ2n) is 8.74. The van der Waals surface area contributed by atoms with Crippen molar-refractivity contribution < 1.29 is 4.74 Å². The first-order valence-electron chi connectivity index (χ1n) is 10.3. The van der Waals surface area contributed by atoms with Crippen LogP contribution in [0.15, 0.2) is 54.6 Å². The molecule has 0 bridgehead atoms. The van der Waals surface area contributed by atoms with E-state index in [1.807, 2.05) is 12.1 Å². The minimum atomic E-state index is -0.197. The van der Waals surface area contributed by atoms with E-state index >= 15 is 0 Å². The van der Waals surface area contributed by atoms with E-state index in [0.29, 0.717) is 0 Å². The normalized spacial score (nSPS) is 15.5. The third-order valence-corrected chi connectivity index (χ3v) is 5.20. The molecule has 4 rings (SSSR count). The number of H-pyrrole nitrogens is 1. The summed E-state index contributed by atoms with van der Waals surface area (Å²) in [5.41, 5.74) is 5.27. The van der Waals surface area contributed by atoms with Crippen LogP contribution in [0.3, 0.4) is 0 Å². The Labute approximate surface area is 173 Å². The summed E-state index contributed by atoms with van der Waals surface area (Å²) in [6, 6.07) is 19.0. The number of rotatable bonds is 4. The fourth-order valence-corrected chi connectivity index (χ4v) is 3.58. The third kappa shape index (κ3) is 4.80. The van der Waals surface area contributed by atoms with Gasteiger partial charge in [-0.15, -0.1) is 0 Å². The molecule has 1 aliphatic rings. The number of likely N-dealkylation sites (N-methyl/N-ethyl adjacent to an activating group) is 1. The number of benzene rings is 2. The van der Waals surface area contributed by atoms with Crippen molar-refractivity contribution in [1.29, 1.82) is 0 Å². The molecule has 3 aromatic rings. The molecule has 1 N–H and O–H groups in total. The molecule has 0 saturated carbocycles. The molecule has 1 aromatic heterocycles. The SMILES string of the molecule is CN1CCN(c2ccc(-c3cc(-c4ccc(OC(C)(C)C)cc4)n[nH]3)cc2)CC1. The van der Waals surface area contributed by atoms with Gasteiger partial charge in [-0.2, -0.15) is 5.10 Å². The van der Waals surface area contributed by atoms with Crippen LogP contribution in [0.5, 0.6) is 5.75 Å². The predicted octanol–water partition coefficient (Wildman–Crippen LogP) is 4.67. The highest BCUT2D eigenvalue weighted by Gasteiger charge is 2.15. The second-order valence-corrected chi connectivity index (χ2v) is 8.74. The Kier molecular flexibility index (Phi) is 5.33. The highest BCUT2D eigenvalue weighted by Crippen LogP contribution is 2.28. The fraction of sp³-hybridized carbons (Fsp3) is 0.375. The molecule has 29 heavy (non-hydrogen) atoms. The van der Waals surface area contributed by atoms with Gasteiger partial charge in [0.2, 0.25) is 0 Å². The van der Waals surface area contributed by atoms with Gasteiger partial charge >= 0.3 is 0 Å². The quantitative estimate of drug-likeness (QED) is 0.703. The minimum absolute atomic E-state index is 0.197. The van der Waals surface area contributed by atoms with Gasteiger partial charge in [0, 0.05) is 37.4 Å². The average Bonchev–Trinajstić information content (AvgIpc) is 3.18. The van der Waals surface area contributed by atoms with Crippen LogP contribution in [-0.2, 0) is 0 Å². The third-order valence-electron chi connectivity index (χ3n) is 5.20. The van der Waals surface area contributed by atoms with E-state index in [4.69, 9.17) is 4.74 Å². The van der Waals surface area contributed by atoms with Gasteiger partial charge in [0.1, 0.15) is 11.4 Å². The van der Waals surface area contributed by atoms with Crippen molar-refractivity contribution >= 4 is 5.69 Å². The fourth-order valence-electron chi connectivity index (χ4n) is 3.58. The van der Waals surface area contributed by atoms with E-state index in [1.165, 1.54) is 5.69 Å². The van der Waals surface area contributed by atoms with Gasteiger partial charge in [-0.05, 0) is 75.8 Å². The molecule has 1 fully saturated rings. The highest BCUT2D eigenvalue weighted by atomic mass is 16.5. The number of ether oxygens (including phenoxy) is 1. The predicted molar refractivity (Wildman–Crippen MR) is 120 cm³/mol. The Hall–Kier alpha value is -2.79. The van der Waals surface area contributed by atoms with E-state index in [2.05, 4.69) is 90.3 Å². The summed E-state index contributed by atoms with van der Waals surface area (Å²) < 4.78 is 5.90. The Morgan fingerprint density at radius 1 is 0.862 bits per heavy atom. The van der Waals surface area contributed by atoms with Gasteiger partial charge in [0.05, 0.1) is 11.4 Å². The maximum Gasteiger partial charge on any atom is 0.120 e. The Morgan fingerprint density at radius 3 is 2.10 bits per heavy atom. The Balaban J connectivity index is 1.46. The summed E-state index contributed by atoms with van der Waals surface area (Å²) >= 11 is 0. The van der Waals surface area contributed by atoms with Crippen LogP contribution < -0.4 is 9.64 Å². The Bertz CT molecular complexity index is 930. The van der Waals surface area contributed by atoms with Crippen LogP contribution in [0.2, 0.25) is 0 Å². The van der Waals surface area contributed by atoms with Crippen molar-refractivity contribution in [3.63, 3.8) is 0 Å². The lowest BCUT2D eigenvalue weighted by Gasteiger charge is -2.34. The molecular formula is C24H30N4O. The number of hydrogen-bond donors (Lipinski definition) is 1. The number of aromatic nitrogens is 2. The summed E-state index contributed by atoms with van der Waals surface area (Å²) in [7, 11) is 2.18. The van der Waals surface area contributed by atoms with E-state index in [-0.39, 0.29) is 5.60 Å². The molecular weight excluding hydrogens is 360 g/mol. The van der Waals surface area contributed by atoms with E-state index in [9.17, 15) is 0 Å². The molecule has 1 saturated heterocycles. The van der Waals surface area contributed by atoms with Crippen molar-refractivity contribution in [2.24, 2.45) is 0 Å². The Morgan fingerprint density at radius 2 is 1.48 bits per heavy atom. The smallest absolute Gasteiger partial charge is 0.120 e. The first-order chi connectivity index (χ1) is 13.9. The zero-order chi connectivity index (χ0) is 20.4. The summed E-state index contributed by atoms with van der Waals surface area (Å²) in [4.78, 5) is 4.82. The zero-order valence-electron chi connectivity index (χ0n) is 17.8. The molecule has 0 amide bonds. The van der Waals surface area contributed by atoms with Crippen LogP contribution >= 0.6 is 0 Å². The van der Waals surface area contributed by atoms with Gasteiger partial charge in [-0.3, -0.25) is 5.10 Å². The van der Waals surface area contributed by atoms with Crippen LogP contribution in [0, 0.1) is 0 Å². The lowest BCUT2D eigenvalue weighted by molar-refractivity contribution is 0.131. The van der Waals surface area contributed by atoms with Crippen molar-refractivity contribution in [1.82, 2.24) is 15.1 Å². The first kappa shape index (κ1) is 19.5. The molecule has 0 atom stereocenters. The van der Waals surface area contributed by atoms with Crippen molar-refractivity contribution in [2.75, 3.05) is 38.1 Å². The lowest BCUT2D eigenvalue weighted by Crippen LogP contribution is -2.44. The number of nitrogens with one attached hydrogen (secondary N) is 1. The highest BCUT2D eigenvalue weighted by molar-refractivity contribution is 5.69. The largest absolute Gasteiger partial charge is 0.488 e. The number of piperazine rings is 1.